The van der Waals surface area contributed by atoms with Crippen molar-refractivity contribution in [3.63, 3.8) is 0 Å². The fourth-order valence-corrected chi connectivity index (χ4v) is 2.34. The number of ether oxygens (including phenoxy) is 3. The van der Waals surface area contributed by atoms with Gasteiger partial charge in [-0.2, -0.15) is 0 Å². The van der Waals surface area contributed by atoms with E-state index in [0.717, 1.165) is 37.5 Å². The number of hydrogen-bond donors (Lipinski definition) is 1. The molecule has 0 aliphatic carbocycles. The van der Waals surface area contributed by atoms with E-state index in [1.807, 2.05) is 6.07 Å². The first-order valence-corrected chi connectivity index (χ1v) is 6.97. The Bertz CT molecular complexity index is 395. The van der Waals surface area contributed by atoms with E-state index in [2.05, 4.69) is 24.4 Å². The number of nitrogens with one attached hydrogen (secondary N) is 1. The Kier molecular flexibility index (Phi) is 5.48. The zero-order valence-electron chi connectivity index (χ0n) is 11.8. The summed E-state index contributed by atoms with van der Waals surface area (Å²) >= 11 is 0. The van der Waals surface area contributed by atoms with Crippen molar-refractivity contribution in [1.29, 1.82) is 0 Å². The maximum atomic E-state index is 5.64. The Morgan fingerprint density at radius 3 is 2.79 bits per heavy atom. The topological polar surface area (TPSA) is 39.7 Å². The van der Waals surface area contributed by atoms with Crippen LogP contribution < -0.4 is 14.8 Å². The van der Waals surface area contributed by atoms with Gasteiger partial charge in [0.15, 0.2) is 11.5 Å². The minimum absolute atomic E-state index is 0.343. The third kappa shape index (κ3) is 3.85. The molecule has 1 unspecified atom stereocenters. The average Bonchev–Trinajstić information content (AvgIpc) is 2.46. The summed E-state index contributed by atoms with van der Waals surface area (Å²) in [6.45, 7) is 5.14. The summed E-state index contributed by atoms with van der Waals surface area (Å²) in [7, 11) is 1.74. The molecule has 1 aromatic carbocycles. The molecule has 19 heavy (non-hydrogen) atoms. The zero-order valence-corrected chi connectivity index (χ0v) is 11.8. The zero-order chi connectivity index (χ0) is 13.5. The van der Waals surface area contributed by atoms with Crippen LogP contribution in [0.2, 0.25) is 0 Å². The number of benzene rings is 1. The third-order valence-electron chi connectivity index (χ3n) is 3.26. The van der Waals surface area contributed by atoms with Crippen molar-refractivity contribution in [3.05, 3.63) is 23.8 Å². The molecule has 0 bridgehead atoms. The molecule has 106 valence electrons. The highest BCUT2D eigenvalue weighted by atomic mass is 16.6. The Hall–Kier alpha value is -1.26. The maximum Gasteiger partial charge on any atom is 0.161 e. The molecule has 0 aromatic heterocycles. The van der Waals surface area contributed by atoms with E-state index >= 15 is 0 Å². The summed E-state index contributed by atoms with van der Waals surface area (Å²) in [5.74, 6) is 1.71. The van der Waals surface area contributed by atoms with Crippen LogP contribution in [-0.2, 0) is 4.74 Å². The van der Waals surface area contributed by atoms with Gasteiger partial charge in [-0.1, -0.05) is 13.0 Å². The van der Waals surface area contributed by atoms with E-state index in [1.165, 1.54) is 5.56 Å². The summed E-state index contributed by atoms with van der Waals surface area (Å²) in [4.78, 5) is 0. The number of fused-ring (bicyclic) bond motifs is 1. The van der Waals surface area contributed by atoms with Crippen LogP contribution >= 0.6 is 0 Å². The van der Waals surface area contributed by atoms with Crippen molar-refractivity contribution >= 4 is 0 Å². The molecule has 4 nitrogen and oxygen atoms in total. The highest BCUT2D eigenvalue weighted by Gasteiger charge is 2.16. The fourth-order valence-electron chi connectivity index (χ4n) is 2.34. The molecule has 1 aromatic rings. The highest BCUT2D eigenvalue weighted by Crippen LogP contribution is 2.33. The van der Waals surface area contributed by atoms with Crippen LogP contribution in [0.1, 0.15) is 31.4 Å². The molecule has 2 rings (SSSR count). The minimum atomic E-state index is 0.343. The number of rotatable bonds is 7. The largest absolute Gasteiger partial charge is 0.486 e. The van der Waals surface area contributed by atoms with E-state index in [0.29, 0.717) is 19.3 Å². The Morgan fingerprint density at radius 1 is 1.26 bits per heavy atom. The van der Waals surface area contributed by atoms with E-state index in [1.54, 1.807) is 7.11 Å². The summed E-state index contributed by atoms with van der Waals surface area (Å²) in [5, 5.41) is 3.51. The number of hydrogen-bond acceptors (Lipinski definition) is 4. The van der Waals surface area contributed by atoms with Gasteiger partial charge in [0, 0.05) is 19.8 Å². The number of methoxy groups -OCH3 is 1. The predicted molar refractivity (Wildman–Crippen MR) is 75.0 cm³/mol. The Morgan fingerprint density at radius 2 is 2.05 bits per heavy atom. The standard InChI is InChI=1S/C15H23NO3/c1-3-16-13(5-4-8-17-2)12-6-7-14-15(11-12)19-10-9-18-14/h6-7,11,13,16H,3-5,8-10H2,1-2H3. The van der Waals surface area contributed by atoms with Crippen LogP contribution in [0, 0.1) is 0 Å². The first-order chi connectivity index (χ1) is 9.35. The van der Waals surface area contributed by atoms with Gasteiger partial charge < -0.3 is 19.5 Å². The van der Waals surface area contributed by atoms with E-state index in [9.17, 15) is 0 Å². The van der Waals surface area contributed by atoms with Crippen LogP contribution in [0.25, 0.3) is 0 Å². The molecule has 4 heteroatoms. The lowest BCUT2D eigenvalue weighted by Crippen LogP contribution is -2.22. The van der Waals surface area contributed by atoms with Crippen molar-refractivity contribution in [2.45, 2.75) is 25.8 Å². The van der Waals surface area contributed by atoms with Gasteiger partial charge in [0.2, 0.25) is 0 Å². The van der Waals surface area contributed by atoms with Crippen LogP contribution in [0.4, 0.5) is 0 Å². The normalized spacial score (nSPS) is 15.3. The van der Waals surface area contributed by atoms with Gasteiger partial charge >= 0.3 is 0 Å². The molecule has 0 amide bonds. The second-order valence-electron chi connectivity index (χ2n) is 4.65. The average molecular weight is 265 g/mol. The Balaban J connectivity index is 2.07. The van der Waals surface area contributed by atoms with E-state index in [-0.39, 0.29) is 0 Å². The monoisotopic (exact) mass is 265 g/mol. The third-order valence-corrected chi connectivity index (χ3v) is 3.26. The van der Waals surface area contributed by atoms with Gasteiger partial charge in [0.05, 0.1) is 0 Å². The van der Waals surface area contributed by atoms with Crippen molar-refractivity contribution < 1.29 is 14.2 Å². The Labute approximate surface area is 115 Å². The summed E-state index contributed by atoms with van der Waals surface area (Å²) in [5.41, 5.74) is 1.25. The molecular weight excluding hydrogens is 242 g/mol. The fraction of sp³-hybridized carbons (Fsp3) is 0.600. The summed E-state index contributed by atoms with van der Waals surface area (Å²) in [6, 6.07) is 6.56. The highest BCUT2D eigenvalue weighted by molar-refractivity contribution is 5.44. The molecule has 0 saturated carbocycles. The SMILES string of the molecule is CCNC(CCCOC)c1ccc2c(c1)OCCO2. The van der Waals surface area contributed by atoms with Gasteiger partial charge in [-0.25, -0.2) is 0 Å². The lowest BCUT2D eigenvalue weighted by Gasteiger charge is -2.22. The van der Waals surface area contributed by atoms with Gasteiger partial charge in [-0.15, -0.1) is 0 Å². The predicted octanol–water partition coefficient (Wildman–Crippen LogP) is 2.54. The van der Waals surface area contributed by atoms with Crippen molar-refractivity contribution in [1.82, 2.24) is 5.32 Å². The lowest BCUT2D eigenvalue weighted by atomic mass is 10.0. The van der Waals surface area contributed by atoms with Crippen molar-refractivity contribution in [2.75, 3.05) is 33.5 Å². The molecular formula is C15H23NO3. The smallest absolute Gasteiger partial charge is 0.161 e. The van der Waals surface area contributed by atoms with Crippen LogP contribution in [0.15, 0.2) is 18.2 Å². The molecule has 0 spiro atoms. The second-order valence-corrected chi connectivity index (χ2v) is 4.65. The summed E-state index contributed by atoms with van der Waals surface area (Å²) < 4.78 is 16.3. The molecule has 0 saturated heterocycles. The first-order valence-electron chi connectivity index (χ1n) is 6.97. The lowest BCUT2D eigenvalue weighted by molar-refractivity contribution is 0.171. The molecule has 0 fully saturated rings. The van der Waals surface area contributed by atoms with Gasteiger partial charge in [0.25, 0.3) is 0 Å². The first kappa shape index (κ1) is 14.2. The van der Waals surface area contributed by atoms with Crippen molar-refractivity contribution in [3.8, 4) is 11.5 Å². The second kappa shape index (κ2) is 7.36. The van der Waals surface area contributed by atoms with Gasteiger partial charge in [-0.05, 0) is 37.1 Å². The van der Waals surface area contributed by atoms with E-state index < -0.39 is 0 Å². The molecule has 1 heterocycles. The van der Waals surface area contributed by atoms with Crippen LogP contribution in [0.5, 0.6) is 11.5 Å². The summed E-state index contributed by atoms with van der Waals surface area (Å²) in [6.07, 6.45) is 2.10. The maximum absolute atomic E-state index is 5.64. The quantitative estimate of drug-likeness (QED) is 0.769. The van der Waals surface area contributed by atoms with Gasteiger partial charge in [0.1, 0.15) is 13.2 Å². The van der Waals surface area contributed by atoms with Crippen LogP contribution in [0.3, 0.4) is 0 Å². The minimum Gasteiger partial charge on any atom is -0.486 e. The van der Waals surface area contributed by atoms with E-state index in [4.69, 9.17) is 14.2 Å². The molecule has 1 atom stereocenters. The van der Waals surface area contributed by atoms with Gasteiger partial charge in [-0.3, -0.25) is 0 Å². The molecule has 0 radical (unpaired) electrons. The molecule has 1 aliphatic rings. The molecule has 1 aliphatic heterocycles. The van der Waals surface area contributed by atoms with Crippen molar-refractivity contribution in [2.24, 2.45) is 0 Å². The molecule has 1 N–H and O–H groups in total. The van der Waals surface area contributed by atoms with Crippen LogP contribution in [-0.4, -0.2) is 33.5 Å².